The Kier molecular flexibility index (Phi) is 4.11. The van der Waals surface area contributed by atoms with Gasteiger partial charge >= 0.3 is 7.12 Å². The fraction of sp³-hybridized carbons (Fsp3) is 0.412. The summed E-state index contributed by atoms with van der Waals surface area (Å²) in [4.78, 5) is 11.7. The monoisotopic (exact) mass is 327 g/mol. The molecule has 0 radical (unpaired) electrons. The molecule has 1 aromatic carbocycles. The van der Waals surface area contributed by atoms with Gasteiger partial charge in [0.2, 0.25) is 0 Å². The maximum Gasteiger partial charge on any atom is 0.491 e. The van der Waals surface area contributed by atoms with Crippen LogP contribution in [0.5, 0.6) is 0 Å². The number of nitrogens with two attached hydrogens (primary N) is 1. The van der Waals surface area contributed by atoms with Crippen LogP contribution in [0.3, 0.4) is 0 Å². The van der Waals surface area contributed by atoms with E-state index >= 15 is 0 Å². The lowest BCUT2D eigenvalue weighted by Crippen LogP contribution is -2.41. The molecule has 3 N–H and O–H groups in total. The summed E-state index contributed by atoms with van der Waals surface area (Å²) < 4.78 is 12.1. The number of rotatable bonds is 3. The van der Waals surface area contributed by atoms with Crippen molar-refractivity contribution in [2.24, 2.45) is 5.73 Å². The lowest BCUT2D eigenvalue weighted by atomic mass is 9.77. The second kappa shape index (κ2) is 5.84. The molecule has 1 aromatic heterocycles. The van der Waals surface area contributed by atoms with Crippen LogP contribution in [0.4, 0.5) is 0 Å². The van der Waals surface area contributed by atoms with E-state index in [2.05, 4.69) is 10.2 Å². The first-order valence-electron chi connectivity index (χ1n) is 7.97. The molecule has 0 atom stereocenters. The molecule has 0 amide bonds. The largest absolute Gasteiger partial charge is 0.491 e. The van der Waals surface area contributed by atoms with E-state index in [1.807, 2.05) is 45.9 Å². The molecular weight excluding hydrogens is 305 g/mol. The molecule has 2 heterocycles. The van der Waals surface area contributed by atoms with Gasteiger partial charge in [0.15, 0.2) is 0 Å². The summed E-state index contributed by atoms with van der Waals surface area (Å²) in [7, 11) is -0.479. The molecule has 24 heavy (non-hydrogen) atoms. The zero-order chi connectivity index (χ0) is 17.5. The number of hydrogen-bond acceptors (Lipinski definition) is 5. The molecule has 7 heteroatoms. The number of aromatic amines is 1. The molecule has 0 unspecified atom stereocenters. The molecular formula is C17H22BN3O3. The third-order valence-electron chi connectivity index (χ3n) is 4.83. The Morgan fingerprint density at radius 1 is 1.29 bits per heavy atom. The second-order valence-electron chi connectivity index (χ2n) is 7.06. The van der Waals surface area contributed by atoms with Crippen LogP contribution in [0.1, 0.15) is 33.3 Å². The Morgan fingerprint density at radius 2 is 1.96 bits per heavy atom. The van der Waals surface area contributed by atoms with E-state index in [4.69, 9.17) is 15.0 Å². The number of benzene rings is 1. The first-order valence-corrected chi connectivity index (χ1v) is 7.97. The predicted octanol–water partition coefficient (Wildman–Crippen LogP) is 1.90. The zero-order valence-electron chi connectivity index (χ0n) is 14.4. The highest BCUT2D eigenvalue weighted by molar-refractivity contribution is 6.55. The van der Waals surface area contributed by atoms with Gasteiger partial charge in [0.05, 0.1) is 22.8 Å². The minimum absolute atomic E-state index is 0.201. The van der Waals surface area contributed by atoms with E-state index < -0.39 is 18.3 Å². The minimum Gasteiger partial charge on any atom is -0.400 e. The van der Waals surface area contributed by atoms with Crippen molar-refractivity contribution in [1.29, 1.82) is 0 Å². The number of H-pyrrole nitrogens is 1. The van der Waals surface area contributed by atoms with E-state index in [0.717, 1.165) is 16.4 Å². The van der Waals surface area contributed by atoms with Crippen LogP contribution in [0.25, 0.3) is 16.8 Å². The van der Waals surface area contributed by atoms with Gasteiger partial charge in [-0.05, 0) is 50.9 Å². The Morgan fingerprint density at radius 3 is 2.58 bits per heavy atom. The van der Waals surface area contributed by atoms with Gasteiger partial charge in [0.1, 0.15) is 0 Å². The van der Waals surface area contributed by atoms with Crippen LogP contribution < -0.4 is 11.3 Å². The van der Waals surface area contributed by atoms with Gasteiger partial charge < -0.3 is 15.0 Å². The zero-order valence-corrected chi connectivity index (χ0v) is 14.4. The SMILES string of the molecule is CC1(C)OB(C(=Cc2ccc3c(=O)[nH]ncc3c2)CN)OC1(C)C. The van der Waals surface area contributed by atoms with Crippen LogP contribution in [0.2, 0.25) is 0 Å². The molecule has 1 saturated heterocycles. The maximum atomic E-state index is 11.7. The van der Waals surface area contributed by atoms with Crippen LogP contribution in [0, 0.1) is 0 Å². The summed E-state index contributed by atoms with van der Waals surface area (Å²) in [6.07, 6.45) is 3.58. The van der Waals surface area contributed by atoms with Crippen LogP contribution in [0.15, 0.2) is 34.7 Å². The van der Waals surface area contributed by atoms with E-state index in [1.54, 1.807) is 12.3 Å². The van der Waals surface area contributed by atoms with Gasteiger partial charge in [0, 0.05) is 11.9 Å². The summed E-state index contributed by atoms with van der Waals surface area (Å²) >= 11 is 0. The summed E-state index contributed by atoms with van der Waals surface area (Å²) in [5.41, 5.74) is 6.67. The van der Waals surface area contributed by atoms with Crippen LogP contribution >= 0.6 is 0 Å². The molecule has 3 rings (SSSR count). The van der Waals surface area contributed by atoms with Gasteiger partial charge in [-0.25, -0.2) is 5.10 Å². The van der Waals surface area contributed by atoms with Crippen molar-refractivity contribution >= 4 is 24.0 Å². The number of hydrogen-bond donors (Lipinski definition) is 2. The fourth-order valence-electron chi connectivity index (χ4n) is 2.64. The lowest BCUT2D eigenvalue weighted by Gasteiger charge is -2.32. The predicted molar refractivity (Wildman–Crippen MR) is 95.5 cm³/mol. The summed E-state index contributed by atoms with van der Waals surface area (Å²) in [6, 6.07) is 5.55. The highest BCUT2D eigenvalue weighted by Gasteiger charge is 2.52. The smallest absolute Gasteiger partial charge is 0.400 e. The van der Waals surface area contributed by atoms with Gasteiger partial charge in [-0.3, -0.25) is 4.79 Å². The highest BCUT2D eigenvalue weighted by Crippen LogP contribution is 2.38. The van der Waals surface area contributed by atoms with E-state index in [0.29, 0.717) is 11.9 Å². The molecule has 1 aliphatic rings. The van der Waals surface area contributed by atoms with Crippen molar-refractivity contribution in [3.05, 3.63) is 45.8 Å². The Bertz CT molecular complexity index is 842. The molecule has 0 aliphatic carbocycles. The number of fused-ring (bicyclic) bond motifs is 1. The summed E-state index contributed by atoms with van der Waals surface area (Å²) in [6.45, 7) is 8.36. The molecule has 6 nitrogen and oxygen atoms in total. The molecule has 0 spiro atoms. The fourth-order valence-corrected chi connectivity index (χ4v) is 2.64. The van der Waals surface area contributed by atoms with Crippen molar-refractivity contribution in [1.82, 2.24) is 10.2 Å². The summed E-state index contributed by atoms with van der Waals surface area (Å²) in [5.74, 6) is 0. The summed E-state index contributed by atoms with van der Waals surface area (Å²) in [5, 5.41) is 7.64. The molecule has 126 valence electrons. The molecule has 1 fully saturated rings. The van der Waals surface area contributed by atoms with E-state index in [9.17, 15) is 4.79 Å². The molecule has 1 aliphatic heterocycles. The minimum atomic E-state index is -0.479. The maximum absolute atomic E-state index is 11.7. The third-order valence-corrected chi connectivity index (χ3v) is 4.83. The average Bonchev–Trinajstić information content (AvgIpc) is 2.73. The second-order valence-corrected chi connectivity index (χ2v) is 7.06. The molecule has 0 saturated carbocycles. The van der Waals surface area contributed by atoms with Crippen molar-refractivity contribution < 1.29 is 9.31 Å². The van der Waals surface area contributed by atoms with E-state index in [-0.39, 0.29) is 5.56 Å². The first-order chi connectivity index (χ1) is 11.2. The van der Waals surface area contributed by atoms with Crippen molar-refractivity contribution in [3.8, 4) is 0 Å². The quantitative estimate of drug-likeness (QED) is 0.840. The molecule has 2 aromatic rings. The van der Waals surface area contributed by atoms with Crippen LogP contribution in [-0.2, 0) is 9.31 Å². The number of nitrogens with one attached hydrogen (secondary N) is 1. The highest BCUT2D eigenvalue weighted by atomic mass is 16.7. The number of aromatic nitrogens is 2. The Labute approximate surface area is 141 Å². The van der Waals surface area contributed by atoms with Gasteiger partial charge in [-0.2, -0.15) is 5.10 Å². The lowest BCUT2D eigenvalue weighted by molar-refractivity contribution is 0.00578. The van der Waals surface area contributed by atoms with Crippen molar-refractivity contribution in [2.75, 3.05) is 6.54 Å². The van der Waals surface area contributed by atoms with Gasteiger partial charge in [-0.15, -0.1) is 0 Å². The van der Waals surface area contributed by atoms with Crippen LogP contribution in [-0.4, -0.2) is 35.1 Å². The standard InChI is InChI=1S/C17H22BN3O3/c1-16(2)17(3,4)24-18(23-16)13(9-19)8-11-5-6-14-12(7-11)10-20-21-15(14)22/h5-8,10H,9,19H2,1-4H3,(H,21,22). The normalized spacial score (nSPS) is 19.9. The van der Waals surface area contributed by atoms with E-state index in [1.165, 1.54) is 0 Å². The first kappa shape index (κ1) is 16.9. The number of nitrogens with zero attached hydrogens (tertiary/aromatic N) is 1. The Balaban J connectivity index is 1.96. The van der Waals surface area contributed by atoms with Gasteiger partial charge in [0.25, 0.3) is 5.56 Å². The van der Waals surface area contributed by atoms with Crippen molar-refractivity contribution in [3.63, 3.8) is 0 Å². The third kappa shape index (κ3) is 2.90. The average molecular weight is 327 g/mol. The van der Waals surface area contributed by atoms with Gasteiger partial charge in [-0.1, -0.05) is 12.1 Å². The Hall–Kier alpha value is -1.96. The molecule has 0 bridgehead atoms. The topological polar surface area (TPSA) is 90.2 Å². The van der Waals surface area contributed by atoms with Crippen molar-refractivity contribution in [2.45, 2.75) is 38.9 Å².